The number of hydrogen-bond donors (Lipinski definition) is 0. The molecule has 0 N–H and O–H groups in total. The number of ketones is 1. The van der Waals surface area contributed by atoms with Gasteiger partial charge in [0.25, 0.3) is 0 Å². The third kappa shape index (κ3) is 4.75. The fourth-order valence-electron chi connectivity index (χ4n) is 1.81. The average molecular weight is 197 g/mol. The molecule has 1 rings (SSSR count). The molecule has 0 radical (unpaired) electrons. The van der Waals surface area contributed by atoms with E-state index < -0.39 is 0 Å². The van der Waals surface area contributed by atoms with Crippen molar-refractivity contribution in [3.05, 3.63) is 0 Å². The van der Waals surface area contributed by atoms with Gasteiger partial charge in [0.15, 0.2) is 0 Å². The summed E-state index contributed by atoms with van der Waals surface area (Å²) >= 11 is 0. The number of nitrogens with zero attached hydrogens (tertiary/aromatic N) is 1. The number of carbonyl (C=O) groups is 1. The van der Waals surface area contributed by atoms with Crippen LogP contribution in [0.5, 0.6) is 0 Å². The smallest absolute Gasteiger partial charge is 0.129 e. The Bertz CT molecular complexity index is 175. The van der Waals surface area contributed by atoms with Gasteiger partial charge < -0.3 is 9.69 Å². The zero-order chi connectivity index (χ0) is 10.4. The van der Waals surface area contributed by atoms with Crippen molar-refractivity contribution in [2.75, 3.05) is 13.1 Å². The molecule has 0 unspecified atom stereocenters. The Balaban J connectivity index is 2.11. The van der Waals surface area contributed by atoms with Crippen LogP contribution in [0.25, 0.3) is 0 Å². The van der Waals surface area contributed by atoms with E-state index in [1.807, 2.05) is 0 Å². The molecule has 1 aliphatic rings. The first-order valence-electron chi connectivity index (χ1n) is 5.97. The van der Waals surface area contributed by atoms with Crippen LogP contribution in [0.1, 0.15) is 52.4 Å². The summed E-state index contributed by atoms with van der Waals surface area (Å²) < 4.78 is 0. The molecule has 0 aromatic carbocycles. The second kappa shape index (κ2) is 6.18. The summed E-state index contributed by atoms with van der Waals surface area (Å²) in [4.78, 5) is 13.4. The molecule has 0 spiro atoms. The molecule has 0 aromatic rings. The van der Waals surface area contributed by atoms with Gasteiger partial charge in [-0.2, -0.15) is 0 Å². The van der Waals surface area contributed by atoms with Crippen molar-refractivity contribution < 1.29 is 4.79 Å². The zero-order valence-corrected chi connectivity index (χ0v) is 9.59. The molecule has 0 heterocycles. The Morgan fingerprint density at radius 3 is 2.43 bits per heavy atom. The number of rotatable bonds is 8. The zero-order valence-electron chi connectivity index (χ0n) is 9.59. The van der Waals surface area contributed by atoms with Gasteiger partial charge in [0.1, 0.15) is 5.78 Å². The summed E-state index contributed by atoms with van der Waals surface area (Å²) in [5.74, 6) is 0.330. The maximum Gasteiger partial charge on any atom is 0.129 e. The van der Waals surface area contributed by atoms with Gasteiger partial charge in [-0.25, -0.2) is 0 Å². The largest absolute Gasteiger partial charge is 0.300 e. The molecule has 0 atom stereocenters. The topological polar surface area (TPSA) is 20.3 Å². The van der Waals surface area contributed by atoms with E-state index in [0.29, 0.717) is 5.78 Å². The van der Waals surface area contributed by atoms with Gasteiger partial charge in [-0.05, 0) is 45.7 Å². The monoisotopic (exact) mass is 197 g/mol. The second-order valence-electron chi connectivity index (χ2n) is 4.43. The molecule has 14 heavy (non-hydrogen) atoms. The van der Waals surface area contributed by atoms with E-state index in [0.717, 1.165) is 25.4 Å². The highest BCUT2D eigenvalue weighted by Gasteiger charge is 2.27. The molecule has 0 bridgehead atoms. The first kappa shape index (κ1) is 11.7. The van der Waals surface area contributed by atoms with Gasteiger partial charge in [0, 0.05) is 12.5 Å². The van der Waals surface area contributed by atoms with Gasteiger partial charge in [0.05, 0.1) is 0 Å². The molecular formula is C12H23NO. The van der Waals surface area contributed by atoms with Gasteiger partial charge >= 0.3 is 0 Å². The first-order valence-corrected chi connectivity index (χ1v) is 5.97. The molecule has 1 aliphatic carbocycles. The SMILES string of the molecule is CCCCN(CCCC(C)=O)C1CC1. The summed E-state index contributed by atoms with van der Waals surface area (Å²) in [6.07, 6.45) is 7.14. The third-order valence-electron chi connectivity index (χ3n) is 2.84. The highest BCUT2D eigenvalue weighted by Crippen LogP contribution is 2.27. The minimum Gasteiger partial charge on any atom is -0.300 e. The van der Waals surface area contributed by atoms with Crippen LogP contribution in [0.2, 0.25) is 0 Å². The molecule has 1 fully saturated rings. The van der Waals surface area contributed by atoms with Gasteiger partial charge in [-0.3, -0.25) is 0 Å². The minimum atomic E-state index is 0.330. The fourth-order valence-corrected chi connectivity index (χ4v) is 1.81. The van der Waals surface area contributed by atoms with Crippen molar-refractivity contribution in [1.82, 2.24) is 4.90 Å². The summed E-state index contributed by atoms with van der Waals surface area (Å²) in [6, 6.07) is 0.855. The molecule has 0 aliphatic heterocycles. The van der Waals surface area contributed by atoms with Crippen LogP contribution in [0.3, 0.4) is 0 Å². The van der Waals surface area contributed by atoms with E-state index >= 15 is 0 Å². The van der Waals surface area contributed by atoms with Crippen molar-refractivity contribution in [1.29, 1.82) is 0 Å². The van der Waals surface area contributed by atoms with Crippen molar-refractivity contribution in [3.8, 4) is 0 Å². The molecular weight excluding hydrogens is 174 g/mol. The lowest BCUT2D eigenvalue weighted by atomic mass is 10.2. The van der Waals surface area contributed by atoms with Gasteiger partial charge in [-0.1, -0.05) is 13.3 Å². The van der Waals surface area contributed by atoms with Crippen LogP contribution in [0.4, 0.5) is 0 Å². The first-order chi connectivity index (χ1) is 6.74. The summed E-state index contributed by atoms with van der Waals surface area (Å²) in [7, 11) is 0. The predicted molar refractivity (Wildman–Crippen MR) is 59.4 cm³/mol. The second-order valence-corrected chi connectivity index (χ2v) is 4.43. The minimum absolute atomic E-state index is 0.330. The van der Waals surface area contributed by atoms with Crippen LogP contribution >= 0.6 is 0 Å². The van der Waals surface area contributed by atoms with Crippen LogP contribution in [0, 0.1) is 0 Å². The Morgan fingerprint density at radius 2 is 1.93 bits per heavy atom. The molecule has 2 nitrogen and oxygen atoms in total. The lowest BCUT2D eigenvalue weighted by molar-refractivity contribution is -0.117. The van der Waals surface area contributed by atoms with Crippen molar-refractivity contribution in [2.45, 2.75) is 58.4 Å². The van der Waals surface area contributed by atoms with E-state index in [9.17, 15) is 4.79 Å². The van der Waals surface area contributed by atoms with Gasteiger partial charge in [-0.15, -0.1) is 0 Å². The maximum absolute atomic E-state index is 10.8. The standard InChI is InChI=1S/C12H23NO/c1-3-4-9-13(12-7-8-12)10-5-6-11(2)14/h12H,3-10H2,1-2H3. The molecule has 1 saturated carbocycles. The molecule has 2 heteroatoms. The quantitative estimate of drug-likeness (QED) is 0.596. The molecule has 0 aromatic heterocycles. The van der Waals surface area contributed by atoms with E-state index in [2.05, 4.69) is 11.8 Å². The van der Waals surface area contributed by atoms with E-state index in [1.54, 1.807) is 6.92 Å². The summed E-state index contributed by atoms with van der Waals surface area (Å²) in [5.41, 5.74) is 0. The number of Topliss-reactive ketones (excluding diaryl/α,β-unsaturated/α-hetero) is 1. The third-order valence-corrected chi connectivity index (χ3v) is 2.84. The van der Waals surface area contributed by atoms with Crippen LogP contribution in [-0.2, 0) is 4.79 Å². The van der Waals surface area contributed by atoms with Crippen LogP contribution < -0.4 is 0 Å². The number of carbonyl (C=O) groups excluding carboxylic acids is 1. The summed E-state index contributed by atoms with van der Waals surface area (Å²) in [6.45, 7) is 6.29. The maximum atomic E-state index is 10.8. The van der Waals surface area contributed by atoms with Crippen LogP contribution in [-0.4, -0.2) is 29.8 Å². The van der Waals surface area contributed by atoms with Crippen LogP contribution in [0.15, 0.2) is 0 Å². The van der Waals surface area contributed by atoms with Crippen molar-refractivity contribution in [2.24, 2.45) is 0 Å². The normalized spacial score (nSPS) is 16.2. The van der Waals surface area contributed by atoms with E-state index in [1.165, 1.54) is 32.2 Å². The molecule has 0 amide bonds. The lowest BCUT2D eigenvalue weighted by Crippen LogP contribution is -2.28. The number of unbranched alkanes of at least 4 members (excludes halogenated alkanes) is 1. The Morgan fingerprint density at radius 1 is 1.29 bits per heavy atom. The number of hydrogen-bond acceptors (Lipinski definition) is 2. The van der Waals surface area contributed by atoms with Crippen molar-refractivity contribution in [3.63, 3.8) is 0 Å². The Hall–Kier alpha value is -0.370. The van der Waals surface area contributed by atoms with Gasteiger partial charge in [0.2, 0.25) is 0 Å². The molecule has 82 valence electrons. The fraction of sp³-hybridized carbons (Fsp3) is 0.917. The highest BCUT2D eigenvalue weighted by molar-refractivity contribution is 5.75. The molecule has 0 saturated heterocycles. The summed E-state index contributed by atoms with van der Waals surface area (Å²) in [5, 5.41) is 0. The highest BCUT2D eigenvalue weighted by atomic mass is 16.1. The average Bonchev–Trinajstić information content (AvgIpc) is 2.93. The lowest BCUT2D eigenvalue weighted by Gasteiger charge is -2.21. The Kier molecular flexibility index (Phi) is 5.16. The van der Waals surface area contributed by atoms with E-state index in [-0.39, 0.29) is 0 Å². The van der Waals surface area contributed by atoms with Crippen molar-refractivity contribution >= 4 is 5.78 Å². The predicted octanol–water partition coefficient (Wildman–Crippen LogP) is 2.62. The Labute approximate surface area is 87.7 Å². The van der Waals surface area contributed by atoms with E-state index in [4.69, 9.17) is 0 Å².